The van der Waals surface area contributed by atoms with E-state index >= 15 is 0 Å². The zero-order valence-electron chi connectivity index (χ0n) is 9.50. The Morgan fingerprint density at radius 3 is 1.31 bits per heavy atom. The monoisotopic (exact) mass is 228 g/mol. The van der Waals surface area contributed by atoms with Crippen LogP contribution in [0, 0.1) is 0 Å². The molecule has 0 heterocycles. The van der Waals surface area contributed by atoms with Gasteiger partial charge in [-0.15, -0.1) is 0 Å². The van der Waals surface area contributed by atoms with Crippen molar-refractivity contribution in [2.75, 3.05) is 25.6 Å². The lowest BCUT2D eigenvalue weighted by molar-refractivity contribution is 0.178. The van der Waals surface area contributed by atoms with E-state index < -0.39 is 9.45 Å². The Balaban J connectivity index is 4.58. The molecule has 0 amide bonds. The zero-order valence-corrected chi connectivity index (χ0v) is 12.4. The minimum Gasteiger partial charge on any atom is -0.321 e. The van der Waals surface area contributed by atoms with Crippen LogP contribution in [0.3, 0.4) is 0 Å². The Morgan fingerprint density at radius 2 is 1.15 bits per heavy atom. The molecule has 0 rings (SSSR count). The normalized spacial score (nSPS) is 15.5. The van der Waals surface area contributed by atoms with E-state index in [4.69, 9.17) is 12.5 Å². The van der Waals surface area contributed by atoms with Crippen LogP contribution in [0.25, 0.3) is 0 Å². The van der Waals surface area contributed by atoms with Crippen molar-refractivity contribution in [1.29, 1.82) is 0 Å². The maximum Gasteiger partial charge on any atom is 0.109 e. The molecule has 0 aliphatic carbocycles. The highest BCUT2D eigenvalue weighted by atomic mass is 32.5. The van der Waals surface area contributed by atoms with E-state index in [0.717, 1.165) is 15.1 Å². The van der Waals surface area contributed by atoms with Gasteiger partial charge < -0.3 is 12.5 Å². The van der Waals surface area contributed by atoms with Crippen molar-refractivity contribution < 1.29 is 12.5 Å². The maximum atomic E-state index is 5.79. The first kappa shape index (κ1) is 13.4. The van der Waals surface area contributed by atoms with Crippen LogP contribution in [-0.2, 0) is 12.5 Å². The lowest BCUT2D eigenvalue weighted by Crippen LogP contribution is -2.30. The molecule has 0 fully saturated rings. The van der Waals surface area contributed by atoms with Crippen LogP contribution >= 0.6 is 9.45 Å². The number of thiol groups is 1. The van der Waals surface area contributed by atoms with E-state index in [2.05, 4.69) is 6.92 Å². The highest BCUT2D eigenvalue weighted by molar-refractivity contribution is 8.54. The van der Waals surface area contributed by atoms with Crippen LogP contribution in [0.4, 0.5) is 0 Å². The van der Waals surface area contributed by atoms with E-state index in [9.17, 15) is 0 Å². The van der Waals surface area contributed by atoms with Gasteiger partial charge in [0.25, 0.3) is 0 Å². The van der Waals surface area contributed by atoms with Crippen LogP contribution in [0.5, 0.6) is 0 Å². The fourth-order valence-electron chi connectivity index (χ4n) is 1.36. The molecule has 0 aromatic heterocycles. The predicted octanol–water partition coefficient (Wildman–Crippen LogP) is 1.21. The summed E-state index contributed by atoms with van der Waals surface area (Å²) < 4.78 is 17.4. The van der Waals surface area contributed by atoms with Gasteiger partial charge in [0.1, 0.15) is 9.39 Å². The summed E-state index contributed by atoms with van der Waals surface area (Å²) in [5.41, 5.74) is 0. The Morgan fingerprint density at radius 1 is 0.846 bits per heavy atom. The summed E-state index contributed by atoms with van der Waals surface area (Å²) in [7, 11) is -1.76. The standard InChI is InChI=1S/C8H24O3SSi/c1-5-9-12(13,8-4,10-6-2)11-7-3/h12H,5-8H2,1-4,13H3. The Labute approximate surface area is 85.1 Å². The molecule has 0 bridgehead atoms. The van der Waals surface area contributed by atoms with Crippen LogP contribution in [0.2, 0.25) is 0 Å². The minimum absolute atomic E-state index is 0.676. The van der Waals surface area contributed by atoms with Crippen LogP contribution < -0.4 is 0 Å². The topological polar surface area (TPSA) is 27.7 Å². The lowest BCUT2D eigenvalue weighted by Gasteiger charge is -2.57. The highest BCUT2D eigenvalue weighted by Crippen LogP contribution is 2.67. The van der Waals surface area contributed by atoms with E-state index in [1.165, 1.54) is 0 Å². The van der Waals surface area contributed by atoms with Gasteiger partial charge in [0.05, 0.1) is 19.8 Å². The fourth-order valence-corrected chi connectivity index (χ4v) is 6.41. The first-order valence-corrected chi connectivity index (χ1v) is 10.3. The average Bonchev–Trinajstić information content (AvgIpc) is 2.06. The van der Waals surface area contributed by atoms with Gasteiger partial charge in [-0.3, -0.25) is 0 Å². The fraction of sp³-hybridized carbons (Fsp3) is 1.00. The largest absolute Gasteiger partial charge is 0.321 e. The van der Waals surface area contributed by atoms with Crippen molar-refractivity contribution in [2.24, 2.45) is 0 Å². The molecule has 0 aromatic carbocycles. The molecule has 0 atom stereocenters. The van der Waals surface area contributed by atoms with E-state index in [1.807, 2.05) is 20.8 Å². The number of rotatable bonds is 7. The Hall–Kier alpha value is 0.447. The van der Waals surface area contributed by atoms with Crippen molar-refractivity contribution in [2.45, 2.75) is 27.7 Å². The number of hydrogen-bond acceptors (Lipinski definition) is 3. The molecule has 5 heteroatoms. The summed E-state index contributed by atoms with van der Waals surface area (Å²) in [5.74, 6) is 0.868. The van der Waals surface area contributed by atoms with Crippen molar-refractivity contribution in [3.8, 4) is 0 Å². The van der Waals surface area contributed by atoms with Gasteiger partial charge in [0.2, 0.25) is 0 Å². The van der Waals surface area contributed by atoms with Crippen LogP contribution in [-0.4, -0.2) is 35.0 Å². The van der Waals surface area contributed by atoms with E-state index in [0.29, 0.717) is 19.8 Å². The molecule has 0 spiro atoms. The summed E-state index contributed by atoms with van der Waals surface area (Å²) in [6.07, 6.45) is 0. The van der Waals surface area contributed by atoms with Gasteiger partial charge in [-0.2, -0.15) is 0 Å². The second kappa shape index (κ2) is 5.36. The van der Waals surface area contributed by atoms with Crippen LogP contribution in [0.1, 0.15) is 27.7 Å². The van der Waals surface area contributed by atoms with E-state index in [1.54, 1.807) is 0 Å². The first-order chi connectivity index (χ1) is 6.04. The first-order valence-electron chi connectivity index (χ1n) is 5.01. The highest BCUT2D eigenvalue weighted by Gasteiger charge is 2.33. The smallest absolute Gasteiger partial charge is 0.109 e. The SMILES string of the molecule is CCO[SH]([SiH3])(CC)(OCC)OCC. The third-order valence-corrected chi connectivity index (χ3v) is 10.4. The third kappa shape index (κ3) is 3.59. The predicted molar refractivity (Wildman–Crippen MR) is 64.3 cm³/mol. The lowest BCUT2D eigenvalue weighted by atomic mass is 10.9. The molecule has 0 aromatic rings. The van der Waals surface area contributed by atoms with Gasteiger partial charge in [-0.25, -0.2) is 0 Å². The summed E-state index contributed by atoms with van der Waals surface area (Å²) >= 11 is 0. The van der Waals surface area contributed by atoms with Crippen molar-refractivity contribution in [3.05, 3.63) is 0 Å². The molecule has 13 heavy (non-hydrogen) atoms. The van der Waals surface area contributed by atoms with E-state index in [-0.39, 0.29) is 0 Å². The van der Waals surface area contributed by atoms with Gasteiger partial charge in [-0.05, 0) is 20.8 Å². The van der Waals surface area contributed by atoms with Gasteiger partial charge >= 0.3 is 0 Å². The molecule has 0 radical (unpaired) electrons. The summed E-state index contributed by atoms with van der Waals surface area (Å²) in [6, 6.07) is 0. The van der Waals surface area contributed by atoms with Crippen molar-refractivity contribution in [3.63, 3.8) is 0 Å². The van der Waals surface area contributed by atoms with Crippen molar-refractivity contribution in [1.82, 2.24) is 0 Å². The number of hydrogen-bond donors (Lipinski definition) is 1. The Bertz CT molecular complexity index is 135. The molecule has 84 valence electrons. The molecule has 3 nitrogen and oxygen atoms in total. The molecular formula is C8H24O3SSi. The van der Waals surface area contributed by atoms with Crippen molar-refractivity contribution >= 4 is 18.8 Å². The molecule has 0 unspecified atom stereocenters. The molecule has 0 saturated heterocycles. The molecule has 0 N–H and O–H groups in total. The molecule has 0 aliphatic rings. The summed E-state index contributed by atoms with van der Waals surface area (Å²) in [6.45, 7) is 10.1. The third-order valence-electron chi connectivity index (χ3n) is 2.07. The second-order valence-electron chi connectivity index (χ2n) is 3.04. The molecule has 0 aliphatic heterocycles. The van der Waals surface area contributed by atoms with Gasteiger partial charge in [-0.1, -0.05) is 16.4 Å². The molecule has 0 saturated carbocycles. The summed E-state index contributed by atoms with van der Waals surface area (Å²) in [4.78, 5) is 0. The zero-order chi connectivity index (χ0) is 10.4. The molecular weight excluding hydrogens is 204 g/mol. The Kier molecular flexibility index (Phi) is 5.54. The quantitative estimate of drug-likeness (QED) is 0.524. The van der Waals surface area contributed by atoms with Gasteiger partial charge in [0, 0.05) is 5.75 Å². The minimum atomic E-state index is -2.60. The van der Waals surface area contributed by atoms with Gasteiger partial charge in [0.15, 0.2) is 0 Å². The average molecular weight is 228 g/mol. The van der Waals surface area contributed by atoms with Crippen LogP contribution in [0.15, 0.2) is 0 Å². The summed E-state index contributed by atoms with van der Waals surface area (Å²) in [5, 5.41) is 0. The second-order valence-corrected chi connectivity index (χ2v) is 12.6. The maximum absolute atomic E-state index is 5.79.